The van der Waals surface area contributed by atoms with Gasteiger partial charge in [-0.15, -0.1) is 0 Å². The van der Waals surface area contributed by atoms with Crippen molar-refractivity contribution in [3.8, 4) is 5.75 Å². The zero-order chi connectivity index (χ0) is 14.7. The van der Waals surface area contributed by atoms with Gasteiger partial charge in [0.15, 0.2) is 5.75 Å². The largest absolute Gasteiger partial charge is 0.511 e. The summed E-state index contributed by atoms with van der Waals surface area (Å²) in [6.45, 7) is 0.400. The van der Waals surface area contributed by atoms with Gasteiger partial charge in [0.2, 0.25) is 0 Å². The number of methoxy groups -OCH3 is 1. The molecule has 0 radical (unpaired) electrons. The molecule has 0 unspecified atom stereocenters. The third-order valence-electron chi connectivity index (χ3n) is 2.81. The molecule has 2 rings (SSSR count). The number of thiocarbonyl (C=S) groups is 1. The minimum atomic E-state index is -0.396. The summed E-state index contributed by atoms with van der Waals surface area (Å²) >= 11 is 11.2. The molecule has 0 saturated carbocycles. The summed E-state index contributed by atoms with van der Waals surface area (Å²) in [6, 6.07) is 5.12. The van der Waals surface area contributed by atoms with Crippen molar-refractivity contribution in [2.45, 2.75) is 6.42 Å². The molecular weight excluding hydrogens is 300 g/mol. The Kier molecular flexibility index (Phi) is 4.46. The van der Waals surface area contributed by atoms with E-state index >= 15 is 0 Å². The molecule has 1 aromatic carbocycles. The maximum Gasteiger partial charge on any atom is 0.257 e. The molecule has 3 N–H and O–H groups in total. The fourth-order valence-electron chi connectivity index (χ4n) is 1.87. The first-order chi connectivity index (χ1) is 9.54. The zero-order valence-electron chi connectivity index (χ0n) is 10.7. The molecule has 0 aromatic heterocycles. The normalized spacial score (nSPS) is 14.8. The van der Waals surface area contributed by atoms with Gasteiger partial charge in [0.1, 0.15) is 16.3 Å². The molecule has 0 spiro atoms. The van der Waals surface area contributed by atoms with Crippen molar-refractivity contribution >= 4 is 40.4 Å². The van der Waals surface area contributed by atoms with Crippen LogP contribution in [0.5, 0.6) is 5.75 Å². The molecule has 1 aromatic rings. The first kappa shape index (κ1) is 14.6. The lowest BCUT2D eigenvalue weighted by molar-refractivity contribution is -0.117. The summed E-state index contributed by atoms with van der Waals surface area (Å²) in [5.41, 5.74) is 0.608. The number of benzene rings is 1. The number of carbonyl (C=O) groups is 1. The number of ether oxygens (including phenoxy) is 1. The summed E-state index contributed by atoms with van der Waals surface area (Å²) in [6.07, 6.45) is 0.357. The van der Waals surface area contributed by atoms with Gasteiger partial charge in [0.25, 0.3) is 5.91 Å². The monoisotopic (exact) mass is 312 g/mol. The molecule has 0 aliphatic carbocycles. The highest BCUT2D eigenvalue weighted by molar-refractivity contribution is 7.81. The minimum Gasteiger partial charge on any atom is -0.511 e. The number of amides is 1. The van der Waals surface area contributed by atoms with Crippen LogP contribution in [0.25, 0.3) is 0 Å². The highest BCUT2D eigenvalue weighted by Crippen LogP contribution is 2.33. The van der Waals surface area contributed by atoms with Gasteiger partial charge in [-0.25, -0.2) is 0 Å². The van der Waals surface area contributed by atoms with Crippen molar-refractivity contribution in [1.82, 2.24) is 5.32 Å². The first-order valence-electron chi connectivity index (χ1n) is 5.88. The molecule has 1 amide bonds. The Morgan fingerprint density at radius 1 is 1.55 bits per heavy atom. The van der Waals surface area contributed by atoms with Gasteiger partial charge >= 0.3 is 0 Å². The molecule has 106 valence electrons. The Morgan fingerprint density at radius 2 is 2.30 bits per heavy atom. The second-order valence-corrected chi connectivity index (χ2v) is 4.92. The van der Waals surface area contributed by atoms with Gasteiger partial charge in [-0.2, -0.15) is 0 Å². The number of aliphatic hydroxyl groups excluding tert-OH is 1. The summed E-state index contributed by atoms with van der Waals surface area (Å²) in [7, 11) is 1.49. The predicted octanol–water partition coefficient (Wildman–Crippen LogP) is 2.42. The Labute approximate surface area is 126 Å². The number of hydrogen-bond acceptors (Lipinski definition) is 4. The van der Waals surface area contributed by atoms with Gasteiger partial charge in [-0.3, -0.25) is 4.79 Å². The fraction of sp³-hybridized carbons (Fsp3) is 0.231. The highest BCUT2D eigenvalue weighted by atomic mass is 35.5. The molecule has 0 saturated heterocycles. The average Bonchev–Trinajstić information content (AvgIpc) is 2.38. The number of para-hydroxylation sites is 1. The lowest BCUT2D eigenvalue weighted by Gasteiger charge is -2.19. The quantitative estimate of drug-likeness (QED) is 0.748. The van der Waals surface area contributed by atoms with Crippen molar-refractivity contribution in [3.63, 3.8) is 0 Å². The molecule has 0 bridgehead atoms. The van der Waals surface area contributed by atoms with Crippen LogP contribution in [-0.2, 0) is 4.79 Å². The lowest BCUT2D eigenvalue weighted by atomic mass is 10.1. The number of hydrogen-bond donors (Lipinski definition) is 3. The van der Waals surface area contributed by atoms with E-state index in [1.807, 2.05) is 0 Å². The van der Waals surface area contributed by atoms with Crippen LogP contribution < -0.4 is 15.4 Å². The van der Waals surface area contributed by atoms with Crippen LogP contribution in [0.4, 0.5) is 5.69 Å². The Hall–Kier alpha value is -1.79. The molecule has 0 atom stereocenters. The van der Waals surface area contributed by atoms with Crippen LogP contribution >= 0.6 is 23.8 Å². The highest BCUT2D eigenvalue weighted by Gasteiger charge is 2.24. The van der Waals surface area contributed by atoms with Gasteiger partial charge < -0.3 is 20.5 Å². The van der Waals surface area contributed by atoms with Crippen LogP contribution in [0.2, 0.25) is 5.02 Å². The number of aliphatic hydroxyl groups is 1. The third kappa shape index (κ3) is 2.86. The van der Waals surface area contributed by atoms with E-state index in [4.69, 9.17) is 28.6 Å². The molecule has 0 fully saturated rings. The standard InChI is InChI=1S/C13H13ClN2O3S/c1-19-11-7(14)3-2-4-8(11)16-13(20)10-9(17)5-6-15-12(10)18/h2-4,17H,5-6H2,1H3,(H,15,18)(H,16,20). The SMILES string of the molecule is COc1c(Cl)cccc1NC(=S)C1=C(O)CCNC1=O. The Balaban J connectivity index is 2.29. The number of halogens is 1. The van der Waals surface area contributed by atoms with E-state index in [-0.39, 0.29) is 16.3 Å². The predicted molar refractivity (Wildman–Crippen MR) is 81.5 cm³/mol. The van der Waals surface area contributed by atoms with E-state index in [1.54, 1.807) is 18.2 Å². The molecule has 20 heavy (non-hydrogen) atoms. The molecule has 1 aliphatic heterocycles. The second kappa shape index (κ2) is 6.11. The van der Waals surface area contributed by atoms with E-state index in [0.29, 0.717) is 29.4 Å². The van der Waals surface area contributed by atoms with Crippen LogP contribution in [0.15, 0.2) is 29.5 Å². The molecule has 5 nitrogen and oxygen atoms in total. The number of carbonyl (C=O) groups excluding carboxylic acids is 1. The third-order valence-corrected chi connectivity index (χ3v) is 3.41. The van der Waals surface area contributed by atoms with Gasteiger partial charge in [-0.05, 0) is 12.1 Å². The van der Waals surface area contributed by atoms with Crippen molar-refractivity contribution in [2.75, 3.05) is 19.0 Å². The van der Waals surface area contributed by atoms with Crippen molar-refractivity contribution in [2.24, 2.45) is 0 Å². The topological polar surface area (TPSA) is 70.6 Å². The van der Waals surface area contributed by atoms with E-state index in [2.05, 4.69) is 10.6 Å². The van der Waals surface area contributed by atoms with Crippen LogP contribution in [0.1, 0.15) is 6.42 Å². The van der Waals surface area contributed by atoms with Crippen molar-refractivity contribution in [3.05, 3.63) is 34.6 Å². The molecular formula is C13H13ClN2O3S. The summed E-state index contributed by atoms with van der Waals surface area (Å²) in [5, 5.41) is 15.7. The lowest BCUT2D eigenvalue weighted by Crippen LogP contribution is -2.36. The van der Waals surface area contributed by atoms with Crippen LogP contribution in [-0.4, -0.2) is 29.7 Å². The smallest absolute Gasteiger partial charge is 0.257 e. The van der Waals surface area contributed by atoms with Gasteiger partial charge in [0.05, 0.1) is 17.8 Å². The molecule has 1 heterocycles. The summed E-state index contributed by atoms with van der Waals surface area (Å²) in [5.74, 6) is 0.00677. The number of rotatable bonds is 3. The summed E-state index contributed by atoms with van der Waals surface area (Å²) < 4.78 is 5.18. The number of anilines is 1. The minimum absolute atomic E-state index is 0.0211. The maximum absolute atomic E-state index is 11.7. The summed E-state index contributed by atoms with van der Waals surface area (Å²) in [4.78, 5) is 11.9. The molecule has 7 heteroatoms. The maximum atomic E-state index is 11.7. The Morgan fingerprint density at radius 3 is 2.95 bits per heavy atom. The van der Waals surface area contributed by atoms with E-state index in [9.17, 15) is 9.90 Å². The average molecular weight is 313 g/mol. The first-order valence-corrected chi connectivity index (χ1v) is 6.67. The second-order valence-electron chi connectivity index (χ2n) is 4.10. The Bertz CT molecular complexity index is 601. The van der Waals surface area contributed by atoms with Crippen LogP contribution in [0.3, 0.4) is 0 Å². The van der Waals surface area contributed by atoms with Gasteiger partial charge in [0, 0.05) is 13.0 Å². The van der Waals surface area contributed by atoms with E-state index < -0.39 is 5.91 Å². The van der Waals surface area contributed by atoms with E-state index in [1.165, 1.54) is 7.11 Å². The fourth-order valence-corrected chi connectivity index (χ4v) is 2.44. The van der Waals surface area contributed by atoms with E-state index in [0.717, 1.165) is 0 Å². The van der Waals surface area contributed by atoms with Crippen LogP contribution in [0, 0.1) is 0 Å². The zero-order valence-corrected chi connectivity index (χ0v) is 12.3. The molecule has 1 aliphatic rings. The van der Waals surface area contributed by atoms with Crippen molar-refractivity contribution < 1.29 is 14.6 Å². The van der Waals surface area contributed by atoms with Crippen molar-refractivity contribution in [1.29, 1.82) is 0 Å². The van der Waals surface area contributed by atoms with Gasteiger partial charge in [-0.1, -0.05) is 29.9 Å². The number of nitrogens with one attached hydrogen (secondary N) is 2.